The Morgan fingerprint density at radius 2 is 1.76 bits per heavy atom. The molecule has 0 aromatic carbocycles. The van der Waals surface area contributed by atoms with Crippen molar-refractivity contribution >= 4 is 17.9 Å². The van der Waals surface area contributed by atoms with E-state index in [1.165, 1.54) is 4.90 Å². The minimum absolute atomic E-state index is 0.204. The third-order valence-electron chi connectivity index (χ3n) is 4.64. The molecule has 0 spiro atoms. The Labute approximate surface area is 123 Å². The highest BCUT2D eigenvalue weighted by molar-refractivity contribution is 6.02. The van der Waals surface area contributed by atoms with Crippen molar-refractivity contribution in [2.75, 3.05) is 13.1 Å². The number of nitrogens with two attached hydrogens (primary N) is 1. The van der Waals surface area contributed by atoms with Crippen LogP contribution in [0.1, 0.15) is 44.9 Å². The van der Waals surface area contributed by atoms with Crippen molar-refractivity contribution in [2.45, 2.75) is 51.0 Å². The van der Waals surface area contributed by atoms with Gasteiger partial charge < -0.3 is 21.1 Å². The molecule has 2 aliphatic rings. The van der Waals surface area contributed by atoms with Gasteiger partial charge in [0.15, 0.2) is 0 Å². The fourth-order valence-electron chi connectivity index (χ4n) is 3.27. The SMILES string of the molecule is NC(=O)N1CCC(NC(=O)C2(C(=O)O)CCCCCC2)C1. The van der Waals surface area contributed by atoms with Gasteiger partial charge in [0, 0.05) is 19.1 Å². The zero-order chi connectivity index (χ0) is 15.5. The number of carboxylic acids is 1. The highest BCUT2D eigenvalue weighted by Gasteiger charge is 2.46. The molecule has 1 unspecified atom stereocenters. The Balaban J connectivity index is 2.02. The summed E-state index contributed by atoms with van der Waals surface area (Å²) in [5.74, 6) is -1.44. The van der Waals surface area contributed by atoms with E-state index >= 15 is 0 Å². The third-order valence-corrected chi connectivity index (χ3v) is 4.64. The molecule has 118 valence electrons. The number of aliphatic carboxylic acids is 1. The molecule has 1 atom stereocenters. The molecular weight excluding hydrogens is 274 g/mol. The molecule has 7 nitrogen and oxygen atoms in total. The molecule has 7 heteroatoms. The molecule has 1 saturated heterocycles. The van der Waals surface area contributed by atoms with E-state index in [1.54, 1.807) is 0 Å². The van der Waals surface area contributed by atoms with Crippen LogP contribution in [-0.2, 0) is 9.59 Å². The van der Waals surface area contributed by atoms with Gasteiger partial charge in [-0.15, -0.1) is 0 Å². The first-order valence-corrected chi connectivity index (χ1v) is 7.54. The molecule has 21 heavy (non-hydrogen) atoms. The molecule has 0 radical (unpaired) electrons. The van der Waals surface area contributed by atoms with Crippen LogP contribution < -0.4 is 11.1 Å². The van der Waals surface area contributed by atoms with Crippen LogP contribution in [0.3, 0.4) is 0 Å². The quantitative estimate of drug-likeness (QED) is 0.525. The lowest BCUT2D eigenvalue weighted by Gasteiger charge is -2.28. The van der Waals surface area contributed by atoms with Gasteiger partial charge in [0.1, 0.15) is 5.41 Å². The van der Waals surface area contributed by atoms with Gasteiger partial charge in [-0.25, -0.2) is 4.79 Å². The van der Waals surface area contributed by atoms with Crippen LogP contribution in [-0.4, -0.2) is 47.0 Å². The summed E-state index contributed by atoms with van der Waals surface area (Å²) in [4.78, 5) is 36.7. The number of likely N-dealkylation sites (tertiary alicyclic amines) is 1. The van der Waals surface area contributed by atoms with E-state index in [2.05, 4.69) is 5.32 Å². The number of nitrogens with one attached hydrogen (secondary N) is 1. The average molecular weight is 297 g/mol. The van der Waals surface area contributed by atoms with Gasteiger partial charge in [0.2, 0.25) is 5.91 Å². The van der Waals surface area contributed by atoms with E-state index in [4.69, 9.17) is 5.73 Å². The maximum Gasteiger partial charge on any atom is 0.319 e. The minimum atomic E-state index is -1.31. The third kappa shape index (κ3) is 3.28. The number of nitrogens with zero attached hydrogens (tertiary/aromatic N) is 1. The van der Waals surface area contributed by atoms with E-state index < -0.39 is 23.3 Å². The fourth-order valence-corrected chi connectivity index (χ4v) is 3.27. The smallest absolute Gasteiger partial charge is 0.319 e. The van der Waals surface area contributed by atoms with Crippen LogP contribution in [0, 0.1) is 5.41 Å². The van der Waals surface area contributed by atoms with Crippen molar-refractivity contribution in [1.82, 2.24) is 10.2 Å². The summed E-state index contributed by atoms with van der Waals surface area (Å²) in [6.45, 7) is 0.858. The predicted molar refractivity (Wildman–Crippen MR) is 75.5 cm³/mol. The molecule has 3 amide bonds. The average Bonchev–Trinajstić information content (AvgIpc) is 2.74. The van der Waals surface area contributed by atoms with Gasteiger partial charge in [-0.05, 0) is 19.3 Å². The van der Waals surface area contributed by atoms with Crippen molar-refractivity contribution < 1.29 is 19.5 Å². The number of carboxylic acid groups (broad SMARTS) is 1. The zero-order valence-electron chi connectivity index (χ0n) is 12.1. The number of primary amides is 1. The number of hydrogen-bond donors (Lipinski definition) is 3. The van der Waals surface area contributed by atoms with E-state index in [0.717, 1.165) is 25.7 Å². The van der Waals surface area contributed by atoms with Gasteiger partial charge in [-0.1, -0.05) is 25.7 Å². The Morgan fingerprint density at radius 1 is 1.14 bits per heavy atom. The maximum atomic E-state index is 12.5. The summed E-state index contributed by atoms with van der Waals surface area (Å²) in [5.41, 5.74) is 3.90. The Kier molecular flexibility index (Phi) is 4.69. The Hall–Kier alpha value is -1.79. The lowest BCUT2D eigenvalue weighted by Crippen LogP contribution is -2.50. The number of carbonyl (C=O) groups is 3. The highest BCUT2D eigenvalue weighted by atomic mass is 16.4. The van der Waals surface area contributed by atoms with Crippen molar-refractivity contribution in [3.63, 3.8) is 0 Å². The second-order valence-electron chi connectivity index (χ2n) is 6.04. The van der Waals surface area contributed by atoms with E-state index in [9.17, 15) is 19.5 Å². The first-order chi connectivity index (χ1) is 9.95. The summed E-state index contributed by atoms with van der Waals surface area (Å²) in [7, 11) is 0. The van der Waals surface area contributed by atoms with E-state index in [1.807, 2.05) is 0 Å². The van der Waals surface area contributed by atoms with Crippen LogP contribution in [0.2, 0.25) is 0 Å². The molecule has 4 N–H and O–H groups in total. The molecule has 1 aliphatic carbocycles. The zero-order valence-corrected chi connectivity index (χ0v) is 12.1. The van der Waals surface area contributed by atoms with E-state index in [-0.39, 0.29) is 6.04 Å². The second kappa shape index (κ2) is 6.32. The first-order valence-electron chi connectivity index (χ1n) is 7.54. The number of urea groups is 1. The van der Waals surface area contributed by atoms with Gasteiger partial charge >= 0.3 is 12.0 Å². The molecule has 1 heterocycles. The van der Waals surface area contributed by atoms with Gasteiger partial charge in [-0.3, -0.25) is 9.59 Å². The topological polar surface area (TPSA) is 113 Å². The minimum Gasteiger partial charge on any atom is -0.480 e. The number of amides is 3. The Bertz CT molecular complexity index is 430. The molecule has 2 fully saturated rings. The van der Waals surface area contributed by atoms with Crippen LogP contribution >= 0.6 is 0 Å². The van der Waals surface area contributed by atoms with Crippen LogP contribution in [0.4, 0.5) is 4.79 Å². The number of rotatable bonds is 3. The maximum absolute atomic E-state index is 12.5. The first kappa shape index (κ1) is 15.6. The standard InChI is InChI=1S/C14H23N3O4/c15-13(21)17-8-5-10(9-17)16-11(18)14(12(19)20)6-3-1-2-4-7-14/h10H,1-9H2,(H2,15,21)(H,16,18)(H,19,20). The molecule has 1 saturated carbocycles. The normalized spacial score (nSPS) is 25.1. The summed E-state index contributed by atoms with van der Waals surface area (Å²) in [6, 6.07) is -0.710. The van der Waals surface area contributed by atoms with Crippen molar-refractivity contribution in [2.24, 2.45) is 11.1 Å². The molecule has 2 rings (SSSR count). The number of hydrogen-bond acceptors (Lipinski definition) is 3. The molecular formula is C14H23N3O4. The second-order valence-corrected chi connectivity index (χ2v) is 6.04. The largest absolute Gasteiger partial charge is 0.480 e. The number of carbonyl (C=O) groups excluding carboxylic acids is 2. The predicted octanol–water partition coefficient (Wildman–Crippen LogP) is 0.681. The van der Waals surface area contributed by atoms with Gasteiger partial charge in [0.05, 0.1) is 0 Å². The Morgan fingerprint density at radius 3 is 2.24 bits per heavy atom. The van der Waals surface area contributed by atoms with Gasteiger partial charge in [-0.2, -0.15) is 0 Å². The molecule has 1 aliphatic heterocycles. The van der Waals surface area contributed by atoms with Crippen molar-refractivity contribution in [3.05, 3.63) is 0 Å². The van der Waals surface area contributed by atoms with Crippen molar-refractivity contribution in [3.8, 4) is 0 Å². The molecule has 0 bridgehead atoms. The molecule has 0 aromatic rings. The fraction of sp³-hybridized carbons (Fsp3) is 0.786. The van der Waals surface area contributed by atoms with Crippen LogP contribution in [0.5, 0.6) is 0 Å². The summed E-state index contributed by atoms with van der Waals surface area (Å²) in [6.07, 6.45) is 4.86. The highest BCUT2D eigenvalue weighted by Crippen LogP contribution is 2.36. The lowest BCUT2D eigenvalue weighted by molar-refractivity contribution is -0.157. The summed E-state index contributed by atoms with van der Waals surface area (Å²) >= 11 is 0. The lowest BCUT2D eigenvalue weighted by atomic mass is 9.79. The van der Waals surface area contributed by atoms with Gasteiger partial charge in [0.25, 0.3) is 0 Å². The summed E-state index contributed by atoms with van der Waals surface area (Å²) < 4.78 is 0. The van der Waals surface area contributed by atoms with E-state index in [0.29, 0.717) is 32.4 Å². The van der Waals surface area contributed by atoms with Crippen molar-refractivity contribution in [1.29, 1.82) is 0 Å². The van der Waals surface area contributed by atoms with Crippen LogP contribution in [0.15, 0.2) is 0 Å². The van der Waals surface area contributed by atoms with Crippen LogP contribution in [0.25, 0.3) is 0 Å². The summed E-state index contributed by atoms with van der Waals surface area (Å²) in [5, 5.41) is 12.4. The monoisotopic (exact) mass is 297 g/mol. The molecule has 0 aromatic heterocycles.